The Balaban J connectivity index is 1.50. The van der Waals surface area contributed by atoms with Crippen molar-refractivity contribution in [2.75, 3.05) is 31.1 Å². The molecule has 22 heavy (non-hydrogen) atoms. The zero-order chi connectivity index (χ0) is 15.4. The maximum absolute atomic E-state index is 5.35. The predicted molar refractivity (Wildman–Crippen MR) is 84.6 cm³/mol. The Hall–Kier alpha value is -1.95. The Bertz CT molecular complexity index is 575. The summed E-state index contributed by atoms with van der Waals surface area (Å²) >= 11 is 0. The van der Waals surface area contributed by atoms with Gasteiger partial charge in [-0.05, 0) is 18.1 Å². The molecule has 0 N–H and O–H groups in total. The molecular weight excluding hydrogens is 278 g/mol. The molecule has 0 atom stereocenters. The van der Waals surface area contributed by atoms with Crippen LogP contribution in [0.5, 0.6) is 0 Å². The molecule has 0 aliphatic carbocycles. The van der Waals surface area contributed by atoms with Gasteiger partial charge in [0.1, 0.15) is 5.82 Å². The van der Waals surface area contributed by atoms with Crippen molar-refractivity contribution in [1.82, 2.24) is 20.0 Å². The molecule has 0 aromatic carbocycles. The summed E-state index contributed by atoms with van der Waals surface area (Å²) in [4.78, 5) is 13.6. The molecule has 6 nitrogen and oxygen atoms in total. The van der Waals surface area contributed by atoms with Gasteiger partial charge in [-0.1, -0.05) is 25.1 Å². The van der Waals surface area contributed by atoms with E-state index < -0.39 is 0 Å². The van der Waals surface area contributed by atoms with Gasteiger partial charge in [0.2, 0.25) is 5.89 Å². The maximum Gasteiger partial charge on any atom is 0.240 e. The van der Waals surface area contributed by atoms with Gasteiger partial charge in [-0.15, -0.1) is 0 Å². The number of piperazine rings is 1. The Kier molecular flexibility index (Phi) is 4.68. The third-order valence-corrected chi connectivity index (χ3v) is 3.81. The van der Waals surface area contributed by atoms with Crippen molar-refractivity contribution in [2.45, 2.75) is 26.8 Å². The highest BCUT2D eigenvalue weighted by Gasteiger charge is 2.20. The topological polar surface area (TPSA) is 58.3 Å². The van der Waals surface area contributed by atoms with E-state index >= 15 is 0 Å². The molecule has 0 radical (unpaired) electrons. The van der Waals surface area contributed by atoms with Crippen LogP contribution in [0.25, 0.3) is 0 Å². The molecule has 1 fully saturated rings. The van der Waals surface area contributed by atoms with E-state index in [2.05, 4.69) is 44.8 Å². The average Bonchev–Trinajstić information content (AvgIpc) is 2.95. The van der Waals surface area contributed by atoms with Gasteiger partial charge in [-0.25, -0.2) is 4.98 Å². The zero-order valence-electron chi connectivity index (χ0n) is 13.3. The van der Waals surface area contributed by atoms with Crippen LogP contribution in [0.3, 0.4) is 0 Å². The fourth-order valence-corrected chi connectivity index (χ4v) is 2.67. The summed E-state index contributed by atoms with van der Waals surface area (Å²) in [5.74, 6) is 3.14. The minimum Gasteiger partial charge on any atom is -0.354 e. The number of pyridine rings is 1. The van der Waals surface area contributed by atoms with Crippen molar-refractivity contribution in [1.29, 1.82) is 0 Å². The van der Waals surface area contributed by atoms with Gasteiger partial charge in [0.25, 0.3) is 0 Å². The average molecular weight is 301 g/mol. The lowest BCUT2D eigenvalue weighted by molar-refractivity contribution is 0.215. The van der Waals surface area contributed by atoms with Crippen LogP contribution in [0.2, 0.25) is 0 Å². The molecule has 3 rings (SSSR count). The molecule has 0 unspecified atom stereocenters. The number of nitrogens with zero attached hydrogens (tertiary/aromatic N) is 5. The first-order valence-corrected chi connectivity index (χ1v) is 7.90. The standard InChI is InChI=1S/C16H23N5O/c1-13(2)11-14-18-16(22-19-14)12-20-7-9-21(10-8-20)15-5-3-4-6-17-15/h3-6,13H,7-12H2,1-2H3. The second-order valence-electron chi connectivity index (χ2n) is 6.15. The largest absolute Gasteiger partial charge is 0.354 e. The molecule has 0 spiro atoms. The van der Waals surface area contributed by atoms with E-state index in [-0.39, 0.29) is 0 Å². The summed E-state index contributed by atoms with van der Waals surface area (Å²) in [5, 5.41) is 4.05. The van der Waals surface area contributed by atoms with Gasteiger partial charge in [-0.3, -0.25) is 4.90 Å². The summed E-state index contributed by atoms with van der Waals surface area (Å²) in [6.07, 6.45) is 2.72. The monoisotopic (exact) mass is 301 g/mol. The van der Waals surface area contributed by atoms with Gasteiger partial charge in [0.15, 0.2) is 5.82 Å². The predicted octanol–water partition coefficient (Wildman–Crippen LogP) is 1.99. The lowest BCUT2D eigenvalue weighted by Crippen LogP contribution is -2.46. The second-order valence-corrected chi connectivity index (χ2v) is 6.15. The molecule has 0 bridgehead atoms. The van der Waals surface area contributed by atoms with Gasteiger partial charge in [-0.2, -0.15) is 4.98 Å². The zero-order valence-corrected chi connectivity index (χ0v) is 13.3. The molecule has 1 aliphatic heterocycles. The highest BCUT2D eigenvalue weighted by Crippen LogP contribution is 2.14. The SMILES string of the molecule is CC(C)Cc1noc(CN2CCN(c3ccccn3)CC2)n1. The molecule has 0 amide bonds. The first-order chi connectivity index (χ1) is 10.7. The van der Waals surface area contributed by atoms with E-state index in [1.807, 2.05) is 18.3 Å². The van der Waals surface area contributed by atoms with E-state index in [4.69, 9.17) is 4.52 Å². The van der Waals surface area contributed by atoms with Crippen molar-refractivity contribution in [3.8, 4) is 0 Å². The lowest BCUT2D eigenvalue weighted by atomic mass is 10.1. The Labute approximate surface area is 131 Å². The van der Waals surface area contributed by atoms with Crippen molar-refractivity contribution in [3.63, 3.8) is 0 Å². The van der Waals surface area contributed by atoms with Gasteiger partial charge in [0, 0.05) is 38.8 Å². The van der Waals surface area contributed by atoms with Crippen LogP contribution in [-0.4, -0.2) is 46.2 Å². The molecule has 1 aliphatic rings. The molecule has 3 heterocycles. The van der Waals surface area contributed by atoms with Crippen LogP contribution in [0.4, 0.5) is 5.82 Å². The number of aromatic nitrogens is 3. The van der Waals surface area contributed by atoms with Crippen molar-refractivity contribution in [3.05, 3.63) is 36.1 Å². The summed E-state index contributed by atoms with van der Waals surface area (Å²) in [7, 11) is 0. The fraction of sp³-hybridized carbons (Fsp3) is 0.562. The normalized spacial score (nSPS) is 16.4. The van der Waals surface area contributed by atoms with Crippen LogP contribution in [0.15, 0.2) is 28.9 Å². The molecule has 2 aromatic heterocycles. The Morgan fingerprint density at radius 1 is 1.18 bits per heavy atom. The van der Waals surface area contributed by atoms with E-state index in [0.29, 0.717) is 5.92 Å². The smallest absolute Gasteiger partial charge is 0.240 e. The quantitative estimate of drug-likeness (QED) is 0.842. The number of hydrogen-bond donors (Lipinski definition) is 0. The lowest BCUT2D eigenvalue weighted by Gasteiger charge is -2.34. The molecular formula is C16H23N5O. The van der Waals surface area contributed by atoms with E-state index in [9.17, 15) is 0 Å². The fourth-order valence-electron chi connectivity index (χ4n) is 2.67. The third-order valence-electron chi connectivity index (χ3n) is 3.81. The number of anilines is 1. The molecule has 0 saturated carbocycles. The summed E-state index contributed by atoms with van der Waals surface area (Å²) in [6, 6.07) is 6.04. The van der Waals surface area contributed by atoms with Gasteiger partial charge >= 0.3 is 0 Å². The van der Waals surface area contributed by atoms with E-state index in [1.165, 1.54) is 0 Å². The van der Waals surface area contributed by atoms with Crippen LogP contribution in [-0.2, 0) is 13.0 Å². The van der Waals surface area contributed by atoms with Crippen LogP contribution in [0, 0.1) is 5.92 Å². The third kappa shape index (κ3) is 3.82. The second kappa shape index (κ2) is 6.87. The van der Waals surface area contributed by atoms with Crippen molar-refractivity contribution >= 4 is 5.82 Å². The van der Waals surface area contributed by atoms with Gasteiger partial charge in [0.05, 0.1) is 6.54 Å². The first-order valence-electron chi connectivity index (χ1n) is 7.90. The highest BCUT2D eigenvalue weighted by atomic mass is 16.5. The first kappa shape index (κ1) is 15.0. The van der Waals surface area contributed by atoms with Crippen LogP contribution >= 0.6 is 0 Å². The summed E-state index contributed by atoms with van der Waals surface area (Å²) < 4.78 is 5.35. The van der Waals surface area contributed by atoms with E-state index in [1.54, 1.807) is 0 Å². The van der Waals surface area contributed by atoms with Crippen molar-refractivity contribution in [2.24, 2.45) is 5.92 Å². The van der Waals surface area contributed by atoms with Crippen LogP contribution in [0.1, 0.15) is 25.6 Å². The van der Waals surface area contributed by atoms with Crippen LogP contribution < -0.4 is 4.90 Å². The van der Waals surface area contributed by atoms with Gasteiger partial charge < -0.3 is 9.42 Å². The Morgan fingerprint density at radius 3 is 2.68 bits per heavy atom. The molecule has 1 saturated heterocycles. The molecule has 118 valence electrons. The summed E-state index contributed by atoms with van der Waals surface area (Å²) in [6.45, 7) is 8.98. The summed E-state index contributed by atoms with van der Waals surface area (Å²) in [5.41, 5.74) is 0. The van der Waals surface area contributed by atoms with E-state index in [0.717, 1.165) is 56.7 Å². The number of hydrogen-bond acceptors (Lipinski definition) is 6. The minimum atomic E-state index is 0.548. The Morgan fingerprint density at radius 2 is 2.00 bits per heavy atom. The minimum absolute atomic E-state index is 0.548. The number of rotatable bonds is 5. The molecule has 2 aromatic rings. The molecule has 6 heteroatoms. The van der Waals surface area contributed by atoms with Crippen molar-refractivity contribution < 1.29 is 4.52 Å². The maximum atomic E-state index is 5.35. The highest BCUT2D eigenvalue weighted by molar-refractivity contribution is 5.38.